The molecule has 0 spiro atoms. The zero-order valence-electron chi connectivity index (χ0n) is 14.1. The van der Waals surface area contributed by atoms with Gasteiger partial charge in [0.15, 0.2) is 0 Å². The van der Waals surface area contributed by atoms with Gasteiger partial charge in [0.05, 0.1) is 6.61 Å². The van der Waals surface area contributed by atoms with Crippen molar-refractivity contribution in [3.8, 4) is 0 Å². The van der Waals surface area contributed by atoms with Gasteiger partial charge in [-0.25, -0.2) is 4.79 Å². The number of carbonyl (C=O) groups is 1. The summed E-state index contributed by atoms with van der Waals surface area (Å²) in [6, 6.07) is 0. The van der Waals surface area contributed by atoms with Crippen LogP contribution in [0.1, 0.15) is 60.3 Å². The molecule has 1 unspecified atom stereocenters. The van der Waals surface area contributed by atoms with Crippen LogP contribution in [0, 0.1) is 11.8 Å². The first kappa shape index (κ1) is 22.2. The molecule has 124 valence electrons. The third kappa shape index (κ3) is 16.8. The first-order valence-electron chi connectivity index (χ1n) is 7.67. The lowest BCUT2D eigenvalue weighted by Crippen LogP contribution is -1.99. The zero-order valence-corrected chi connectivity index (χ0v) is 14.1. The summed E-state index contributed by atoms with van der Waals surface area (Å²) in [5.74, 6) is 1.26. The molecule has 0 aliphatic heterocycles. The van der Waals surface area contributed by atoms with Gasteiger partial charge in [-0.15, -0.1) is 0 Å². The molecule has 0 amide bonds. The quantitative estimate of drug-likeness (QED) is 0.208. The highest BCUT2D eigenvalue weighted by atomic mass is 17.0. The number of ether oxygens (including phenoxy) is 1. The molecule has 1 atom stereocenters. The summed E-state index contributed by atoms with van der Waals surface area (Å²) in [5.41, 5.74) is 0.952. The average molecular weight is 300 g/mol. The van der Waals surface area contributed by atoms with Gasteiger partial charge in [0.25, 0.3) is 0 Å². The first-order valence-corrected chi connectivity index (χ1v) is 7.67. The van der Waals surface area contributed by atoms with Gasteiger partial charge in [-0.05, 0) is 37.7 Å². The number of allylic oxidation sites excluding steroid dienone is 3. The molecule has 0 aromatic carbocycles. The van der Waals surface area contributed by atoms with Gasteiger partial charge in [-0.3, -0.25) is 10.5 Å². The van der Waals surface area contributed by atoms with Crippen molar-refractivity contribution in [1.82, 2.24) is 0 Å². The Labute approximate surface area is 129 Å². The average Bonchev–Trinajstić information content (AvgIpc) is 2.40. The van der Waals surface area contributed by atoms with Gasteiger partial charge >= 0.3 is 5.97 Å². The lowest BCUT2D eigenvalue weighted by atomic mass is 9.97. The molecule has 0 aliphatic carbocycles. The second kappa shape index (κ2) is 15.3. The molecule has 0 fully saturated rings. The molecule has 0 heterocycles. The molecular formula is C17H32O4. The molecule has 4 nitrogen and oxygen atoms in total. The van der Waals surface area contributed by atoms with Crippen molar-refractivity contribution in [3.05, 3.63) is 23.8 Å². The summed E-state index contributed by atoms with van der Waals surface area (Å²) in [6.45, 7) is 11.0. The van der Waals surface area contributed by atoms with Gasteiger partial charge in [0.1, 0.15) is 0 Å². The van der Waals surface area contributed by atoms with Crippen LogP contribution in [0.15, 0.2) is 23.8 Å². The number of hydrogen-bond acceptors (Lipinski definition) is 4. The predicted molar refractivity (Wildman–Crippen MR) is 87.3 cm³/mol. The molecular weight excluding hydrogens is 268 g/mol. The highest BCUT2D eigenvalue weighted by Gasteiger charge is 2.01. The van der Waals surface area contributed by atoms with E-state index in [1.54, 1.807) is 6.08 Å². The van der Waals surface area contributed by atoms with Crippen LogP contribution >= 0.6 is 0 Å². The van der Waals surface area contributed by atoms with Gasteiger partial charge in [0.2, 0.25) is 0 Å². The van der Waals surface area contributed by atoms with Gasteiger partial charge in [-0.1, -0.05) is 52.2 Å². The fourth-order valence-corrected chi connectivity index (χ4v) is 1.90. The maximum atomic E-state index is 11.2. The Balaban J connectivity index is 0. The van der Waals surface area contributed by atoms with Gasteiger partial charge in [0, 0.05) is 6.08 Å². The Kier molecular flexibility index (Phi) is 16.1. The molecule has 0 aromatic heterocycles. The van der Waals surface area contributed by atoms with Crippen molar-refractivity contribution in [2.75, 3.05) is 6.61 Å². The van der Waals surface area contributed by atoms with E-state index in [0.717, 1.165) is 17.9 Å². The van der Waals surface area contributed by atoms with Crippen molar-refractivity contribution >= 4 is 5.97 Å². The number of hydrogen-bond donors (Lipinski definition) is 2. The molecule has 0 aromatic rings. The number of rotatable bonds is 9. The summed E-state index contributed by atoms with van der Waals surface area (Å²) in [6.07, 6.45) is 10.7. The Bertz CT molecular complexity index is 306. The van der Waals surface area contributed by atoms with E-state index in [2.05, 4.69) is 26.8 Å². The summed E-state index contributed by atoms with van der Waals surface area (Å²) in [4.78, 5) is 11.2. The van der Waals surface area contributed by atoms with E-state index in [-0.39, 0.29) is 5.97 Å². The van der Waals surface area contributed by atoms with Crippen molar-refractivity contribution < 1.29 is 20.0 Å². The standard InChI is InChI=1S/C17H30O2.H2O2/c1-6-19-17(18)13-16(5)12-8-11-15(4)10-7-9-14(2)3;1-2/h8,12-15H,6-7,9-11H2,1-5H3;1-2H/b12-8+,16-13+;. The van der Waals surface area contributed by atoms with Crippen LogP contribution in [0.4, 0.5) is 0 Å². The third-order valence-electron chi connectivity index (χ3n) is 3.03. The second-order valence-corrected chi connectivity index (χ2v) is 5.71. The van der Waals surface area contributed by atoms with E-state index < -0.39 is 0 Å². The van der Waals surface area contributed by atoms with Crippen molar-refractivity contribution in [3.63, 3.8) is 0 Å². The molecule has 4 heteroatoms. The summed E-state index contributed by atoms with van der Waals surface area (Å²) >= 11 is 0. The normalized spacial score (nSPS) is 13.0. The zero-order chi connectivity index (χ0) is 16.7. The highest BCUT2D eigenvalue weighted by Crippen LogP contribution is 2.15. The molecule has 2 N–H and O–H groups in total. The van der Waals surface area contributed by atoms with E-state index in [4.69, 9.17) is 15.3 Å². The first-order chi connectivity index (χ1) is 9.95. The third-order valence-corrected chi connectivity index (χ3v) is 3.03. The summed E-state index contributed by atoms with van der Waals surface area (Å²) < 4.78 is 4.87. The predicted octanol–water partition coefficient (Wildman–Crippen LogP) is 4.92. The summed E-state index contributed by atoms with van der Waals surface area (Å²) in [7, 11) is 0. The van der Waals surface area contributed by atoms with Gasteiger partial charge < -0.3 is 4.74 Å². The molecule has 0 radical (unpaired) electrons. The summed E-state index contributed by atoms with van der Waals surface area (Å²) in [5, 5.41) is 12.0. The lowest BCUT2D eigenvalue weighted by molar-refractivity contribution is -0.176. The number of esters is 1. The van der Waals surface area contributed by atoms with Crippen molar-refractivity contribution in [1.29, 1.82) is 0 Å². The van der Waals surface area contributed by atoms with E-state index in [1.807, 2.05) is 19.9 Å². The minimum absolute atomic E-state index is 0.255. The molecule has 0 saturated carbocycles. The highest BCUT2D eigenvalue weighted by molar-refractivity contribution is 5.83. The molecule has 0 rings (SSSR count). The van der Waals surface area contributed by atoms with Crippen LogP contribution in [0.2, 0.25) is 0 Å². The van der Waals surface area contributed by atoms with Crippen LogP contribution < -0.4 is 0 Å². The van der Waals surface area contributed by atoms with Crippen molar-refractivity contribution in [2.24, 2.45) is 11.8 Å². The smallest absolute Gasteiger partial charge is 0.330 e. The van der Waals surface area contributed by atoms with Crippen LogP contribution in [0.25, 0.3) is 0 Å². The van der Waals surface area contributed by atoms with Crippen LogP contribution in [-0.2, 0) is 9.53 Å². The van der Waals surface area contributed by atoms with Crippen LogP contribution in [-0.4, -0.2) is 23.1 Å². The SMILES string of the molecule is CCOC(=O)/C=C(C)/C=C/CC(C)CCCC(C)C.OO. The Morgan fingerprint density at radius 1 is 1.19 bits per heavy atom. The Morgan fingerprint density at radius 3 is 2.33 bits per heavy atom. The van der Waals surface area contributed by atoms with E-state index in [9.17, 15) is 4.79 Å². The second-order valence-electron chi connectivity index (χ2n) is 5.71. The fourth-order valence-electron chi connectivity index (χ4n) is 1.90. The minimum Gasteiger partial charge on any atom is -0.463 e. The largest absolute Gasteiger partial charge is 0.463 e. The molecule has 0 bridgehead atoms. The lowest BCUT2D eigenvalue weighted by Gasteiger charge is -2.09. The maximum Gasteiger partial charge on any atom is 0.330 e. The maximum absolute atomic E-state index is 11.2. The van der Waals surface area contributed by atoms with Gasteiger partial charge in [-0.2, -0.15) is 0 Å². The number of carbonyl (C=O) groups excluding carboxylic acids is 1. The van der Waals surface area contributed by atoms with E-state index in [0.29, 0.717) is 12.5 Å². The van der Waals surface area contributed by atoms with Crippen LogP contribution in [0.3, 0.4) is 0 Å². The topological polar surface area (TPSA) is 66.8 Å². The van der Waals surface area contributed by atoms with Crippen molar-refractivity contribution in [2.45, 2.75) is 60.3 Å². The van der Waals surface area contributed by atoms with Crippen LogP contribution in [0.5, 0.6) is 0 Å². The monoisotopic (exact) mass is 300 g/mol. The molecule has 21 heavy (non-hydrogen) atoms. The molecule has 0 aliphatic rings. The van der Waals surface area contributed by atoms with E-state index in [1.165, 1.54) is 19.3 Å². The minimum atomic E-state index is -0.255. The Morgan fingerprint density at radius 2 is 1.81 bits per heavy atom. The fraction of sp³-hybridized carbons (Fsp3) is 0.706. The molecule has 0 saturated heterocycles. The Hall–Kier alpha value is -1.13. The van der Waals surface area contributed by atoms with E-state index >= 15 is 0 Å².